The maximum Gasteiger partial charge on any atom is 0.238 e. The molecular weight excluding hydrogens is 867 g/mol. The lowest BCUT2D eigenvalue weighted by Gasteiger charge is -2.12. The summed E-state index contributed by atoms with van der Waals surface area (Å²) >= 11 is 3.63. The minimum Gasteiger partial charge on any atom is -0.309 e. The summed E-state index contributed by atoms with van der Waals surface area (Å²) in [4.78, 5) is 16.2. The number of hydrogen-bond donors (Lipinski definition) is 0. The summed E-state index contributed by atoms with van der Waals surface area (Å²) in [7, 11) is 0. The quantitative estimate of drug-likeness (QED) is 0.173. The average Bonchev–Trinajstić information content (AvgIpc) is 4.16. The van der Waals surface area contributed by atoms with Crippen molar-refractivity contribution >= 4 is 117 Å². The van der Waals surface area contributed by atoms with Crippen molar-refractivity contribution in [3.8, 4) is 45.5 Å². The van der Waals surface area contributed by atoms with Gasteiger partial charge in [-0.05, 0) is 107 Å². The third-order valence-corrected chi connectivity index (χ3v) is 16.1. The third-order valence-electron chi connectivity index (χ3n) is 13.8. The number of hydrogen-bond acceptors (Lipinski definition) is 5. The van der Waals surface area contributed by atoms with Crippen molar-refractivity contribution in [1.82, 2.24) is 24.1 Å². The second-order valence-electron chi connectivity index (χ2n) is 17.6. The van der Waals surface area contributed by atoms with Crippen LogP contribution < -0.4 is 0 Å². The number of rotatable bonds is 5. The zero-order valence-electron chi connectivity index (χ0n) is 36.3. The molecule has 0 unspecified atom stereocenters. The first-order valence-corrected chi connectivity index (χ1v) is 24.5. The van der Waals surface area contributed by atoms with E-state index in [1.54, 1.807) is 0 Å². The Kier molecular flexibility index (Phi) is 8.04. The molecule has 0 saturated heterocycles. The molecule has 10 aromatic carbocycles. The van der Waals surface area contributed by atoms with E-state index in [0.29, 0.717) is 17.6 Å². The van der Waals surface area contributed by atoms with Crippen LogP contribution in [-0.2, 0) is 0 Å². The summed E-state index contributed by atoms with van der Waals surface area (Å²) in [6.45, 7) is 0. The topological polar surface area (TPSA) is 48.5 Å². The Hall–Kier alpha value is -8.49. The van der Waals surface area contributed by atoms with Gasteiger partial charge < -0.3 is 4.57 Å². The summed E-state index contributed by atoms with van der Waals surface area (Å²) in [5.74, 6) is 1.83. The molecule has 0 aliphatic heterocycles. The van der Waals surface area contributed by atoms with E-state index < -0.39 is 0 Å². The molecule has 5 aromatic heterocycles. The van der Waals surface area contributed by atoms with Crippen molar-refractivity contribution in [2.24, 2.45) is 0 Å². The maximum absolute atomic E-state index is 5.45. The van der Waals surface area contributed by atoms with Gasteiger partial charge >= 0.3 is 0 Å². The van der Waals surface area contributed by atoms with Gasteiger partial charge in [-0.25, -0.2) is 4.98 Å². The number of benzene rings is 10. The molecule has 0 bridgehead atoms. The van der Waals surface area contributed by atoms with Crippen LogP contribution in [0.1, 0.15) is 0 Å². The molecule has 7 heteroatoms. The van der Waals surface area contributed by atoms with E-state index in [4.69, 9.17) is 15.0 Å². The fraction of sp³-hybridized carbons (Fsp3) is 0. The standard InChI is InChI=1S/C61H35N5S2/c1-2-12-36(13-3-1)37-22-23-39-33-42(27-24-38(39)32-37)65-50-18-8-4-14-43(50)46-28-29-52-57(58(46)65)47-17-5-9-19-51(47)66(52)61-63-59(40-25-30-55-48(34-40)44-15-6-10-20-53(44)67-55)62-60(64-61)41-26-31-56-49(35-41)45-16-7-11-21-54(45)68-56/h1-35H. The van der Waals surface area contributed by atoms with Crippen LogP contribution in [0.5, 0.6) is 0 Å². The molecule has 0 aliphatic carbocycles. The highest BCUT2D eigenvalue weighted by molar-refractivity contribution is 7.26. The first-order chi connectivity index (χ1) is 33.7. The van der Waals surface area contributed by atoms with Crippen molar-refractivity contribution in [2.75, 3.05) is 0 Å². The molecule has 68 heavy (non-hydrogen) atoms. The van der Waals surface area contributed by atoms with Gasteiger partial charge in [0.05, 0.1) is 22.1 Å². The molecule has 0 atom stereocenters. The Morgan fingerprint density at radius 1 is 0.309 bits per heavy atom. The fourth-order valence-electron chi connectivity index (χ4n) is 10.6. The fourth-order valence-corrected chi connectivity index (χ4v) is 12.8. The second-order valence-corrected chi connectivity index (χ2v) is 19.7. The van der Waals surface area contributed by atoms with Gasteiger partial charge in [0.25, 0.3) is 0 Å². The second kappa shape index (κ2) is 14.5. The molecule has 5 nitrogen and oxygen atoms in total. The molecular formula is C61H35N5S2. The number of thiophene rings is 2. The molecule has 0 spiro atoms. The molecule has 0 radical (unpaired) electrons. The van der Waals surface area contributed by atoms with Crippen LogP contribution in [0.25, 0.3) is 140 Å². The molecule has 316 valence electrons. The average molecular weight is 902 g/mol. The van der Waals surface area contributed by atoms with Crippen molar-refractivity contribution < 1.29 is 0 Å². The highest BCUT2D eigenvalue weighted by Gasteiger charge is 2.24. The van der Waals surface area contributed by atoms with Gasteiger partial charge in [-0.15, -0.1) is 22.7 Å². The van der Waals surface area contributed by atoms with Gasteiger partial charge in [0.2, 0.25) is 5.95 Å². The van der Waals surface area contributed by atoms with E-state index in [0.717, 1.165) is 49.7 Å². The summed E-state index contributed by atoms with van der Waals surface area (Å²) in [5, 5.41) is 12.0. The molecule has 0 aliphatic rings. The highest BCUT2D eigenvalue weighted by atomic mass is 32.1. The maximum atomic E-state index is 5.45. The van der Waals surface area contributed by atoms with E-state index in [9.17, 15) is 0 Å². The first-order valence-electron chi connectivity index (χ1n) is 22.8. The Morgan fingerprint density at radius 2 is 0.853 bits per heavy atom. The summed E-state index contributed by atoms with van der Waals surface area (Å²) in [5.41, 5.74) is 9.79. The lowest BCUT2D eigenvalue weighted by molar-refractivity contribution is 0.954. The Bertz CT molecular complexity index is 4440. The number of fused-ring (bicyclic) bond motifs is 14. The molecule has 0 saturated carbocycles. The van der Waals surface area contributed by atoms with Crippen LogP contribution in [0.15, 0.2) is 212 Å². The Labute approximate surface area is 397 Å². The zero-order valence-corrected chi connectivity index (χ0v) is 37.9. The third kappa shape index (κ3) is 5.64. The number of nitrogens with zero attached hydrogens (tertiary/aromatic N) is 5. The lowest BCUT2D eigenvalue weighted by Crippen LogP contribution is -2.06. The summed E-state index contributed by atoms with van der Waals surface area (Å²) in [6, 6.07) is 76.8. The predicted octanol–water partition coefficient (Wildman–Crippen LogP) is 17.0. The summed E-state index contributed by atoms with van der Waals surface area (Å²) in [6.07, 6.45) is 0. The SMILES string of the molecule is c1ccc(-c2ccc3cc(-n4c5ccccc5c5ccc6c(c7ccccc7n6-c6nc(-c7ccc8sc9ccccc9c8c7)nc(-c7ccc8sc9ccccc9c8c7)n6)c54)ccc3c2)cc1. The van der Waals surface area contributed by atoms with Crippen LogP contribution in [0, 0.1) is 0 Å². The van der Waals surface area contributed by atoms with Crippen molar-refractivity contribution in [3.05, 3.63) is 212 Å². The van der Waals surface area contributed by atoms with E-state index in [1.165, 1.54) is 73.0 Å². The van der Waals surface area contributed by atoms with Gasteiger partial charge in [-0.3, -0.25) is 4.57 Å². The monoisotopic (exact) mass is 901 g/mol. The highest BCUT2D eigenvalue weighted by Crippen LogP contribution is 2.43. The number of aromatic nitrogens is 5. The van der Waals surface area contributed by atoms with Gasteiger partial charge in [0.1, 0.15) is 0 Å². The molecule has 0 N–H and O–H groups in total. The zero-order chi connectivity index (χ0) is 44.5. The summed E-state index contributed by atoms with van der Waals surface area (Å²) < 4.78 is 9.72. The van der Waals surface area contributed by atoms with E-state index in [-0.39, 0.29) is 0 Å². The molecule has 15 aromatic rings. The Balaban J connectivity index is 0.991. The largest absolute Gasteiger partial charge is 0.309 e. The van der Waals surface area contributed by atoms with Crippen molar-refractivity contribution in [2.45, 2.75) is 0 Å². The van der Waals surface area contributed by atoms with Crippen molar-refractivity contribution in [3.63, 3.8) is 0 Å². The van der Waals surface area contributed by atoms with Gasteiger partial charge in [-0.1, -0.05) is 127 Å². The predicted molar refractivity (Wildman–Crippen MR) is 288 cm³/mol. The lowest BCUT2D eigenvalue weighted by atomic mass is 10.0. The molecule has 5 heterocycles. The first kappa shape index (κ1) is 37.7. The van der Waals surface area contributed by atoms with Crippen LogP contribution in [0.2, 0.25) is 0 Å². The van der Waals surface area contributed by atoms with Crippen LogP contribution in [0.3, 0.4) is 0 Å². The minimum absolute atomic E-state index is 0.573. The van der Waals surface area contributed by atoms with Gasteiger partial charge in [-0.2, -0.15) is 9.97 Å². The van der Waals surface area contributed by atoms with Gasteiger partial charge in [0, 0.05) is 78.7 Å². The molecule has 0 amide bonds. The van der Waals surface area contributed by atoms with Gasteiger partial charge in [0.15, 0.2) is 11.6 Å². The smallest absolute Gasteiger partial charge is 0.238 e. The van der Waals surface area contributed by atoms with Crippen LogP contribution in [0.4, 0.5) is 0 Å². The van der Waals surface area contributed by atoms with E-state index in [2.05, 4.69) is 221 Å². The van der Waals surface area contributed by atoms with Crippen molar-refractivity contribution in [1.29, 1.82) is 0 Å². The number of para-hydroxylation sites is 2. The van der Waals surface area contributed by atoms with E-state index in [1.807, 2.05) is 22.7 Å². The van der Waals surface area contributed by atoms with Crippen LogP contribution in [-0.4, -0.2) is 24.1 Å². The Morgan fingerprint density at radius 3 is 1.54 bits per heavy atom. The molecule has 15 rings (SSSR count). The normalized spacial score (nSPS) is 12.1. The minimum atomic E-state index is 0.573. The van der Waals surface area contributed by atoms with Crippen LogP contribution >= 0.6 is 22.7 Å². The molecule has 0 fully saturated rings. The van der Waals surface area contributed by atoms with E-state index >= 15 is 0 Å².